The van der Waals surface area contributed by atoms with Crippen LogP contribution in [0.2, 0.25) is 0 Å². The monoisotopic (exact) mass is 307 g/mol. The molecule has 2 atom stereocenters. The maximum atomic E-state index is 4.80. The first-order valence-corrected chi connectivity index (χ1v) is 9.21. The largest absolute Gasteiger partial charge is 0.308 e. The number of nitrogens with one attached hydrogen (secondary N) is 1. The molecule has 2 aliphatic rings. The smallest absolute Gasteiger partial charge is 0.107 e. The Bertz CT molecular complexity index is 463. The van der Waals surface area contributed by atoms with Gasteiger partial charge in [0, 0.05) is 35.5 Å². The Hall–Kier alpha value is -0.450. The van der Waals surface area contributed by atoms with Gasteiger partial charge in [0.15, 0.2) is 0 Å². The van der Waals surface area contributed by atoms with Crippen LogP contribution in [0.5, 0.6) is 0 Å². The standard InChI is InChI=1S/C17H29N3S/c1-17(2,3)15-11-21-16(19-15)10-18-12-8-13-6-5-7-14(9-12)20(13)4/h11-14,18H,5-10H2,1-4H3. The van der Waals surface area contributed by atoms with E-state index in [9.17, 15) is 0 Å². The summed E-state index contributed by atoms with van der Waals surface area (Å²) in [7, 11) is 2.32. The van der Waals surface area contributed by atoms with E-state index >= 15 is 0 Å². The lowest BCUT2D eigenvalue weighted by Gasteiger charge is -2.47. The van der Waals surface area contributed by atoms with E-state index in [0.29, 0.717) is 6.04 Å². The van der Waals surface area contributed by atoms with Gasteiger partial charge in [-0.2, -0.15) is 0 Å². The number of thiazole rings is 1. The first-order chi connectivity index (χ1) is 9.93. The number of hydrogen-bond donors (Lipinski definition) is 1. The van der Waals surface area contributed by atoms with Crippen LogP contribution in [0.15, 0.2) is 5.38 Å². The van der Waals surface area contributed by atoms with Crippen molar-refractivity contribution >= 4 is 11.3 Å². The molecule has 21 heavy (non-hydrogen) atoms. The molecule has 2 fully saturated rings. The summed E-state index contributed by atoms with van der Waals surface area (Å²) in [6, 6.07) is 2.28. The Kier molecular flexibility index (Phi) is 4.40. The minimum absolute atomic E-state index is 0.166. The summed E-state index contributed by atoms with van der Waals surface area (Å²) < 4.78 is 0. The lowest BCUT2D eigenvalue weighted by molar-refractivity contribution is 0.0482. The van der Waals surface area contributed by atoms with Gasteiger partial charge in [-0.3, -0.25) is 0 Å². The molecule has 1 aromatic rings. The number of hydrogen-bond acceptors (Lipinski definition) is 4. The van der Waals surface area contributed by atoms with Crippen LogP contribution in [0.1, 0.15) is 63.6 Å². The van der Waals surface area contributed by atoms with E-state index in [2.05, 4.69) is 43.4 Å². The van der Waals surface area contributed by atoms with Gasteiger partial charge in [0.1, 0.15) is 5.01 Å². The fourth-order valence-corrected chi connectivity index (χ4v) is 4.72. The van der Waals surface area contributed by atoms with Crippen LogP contribution >= 0.6 is 11.3 Å². The molecule has 0 radical (unpaired) electrons. The van der Waals surface area contributed by atoms with Gasteiger partial charge in [-0.25, -0.2) is 4.98 Å². The van der Waals surface area contributed by atoms with Crippen LogP contribution in [-0.4, -0.2) is 35.1 Å². The number of fused-ring (bicyclic) bond motifs is 2. The molecule has 2 aliphatic heterocycles. The van der Waals surface area contributed by atoms with Crippen molar-refractivity contribution in [1.29, 1.82) is 0 Å². The average Bonchev–Trinajstić information content (AvgIpc) is 2.85. The van der Waals surface area contributed by atoms with E-state index in [-0.39, 0.29) is 5.41 Å². The van der Waals surface area contributed by atoms with Gasteiger partial charge in [0.2, 0.25) is 0 Å². The molecule has 3 nitrogen and oxygen atoms in total. The molecule has 3 heterocycles. The minimum atomic E-state index is 0.166. The summed E-state index contributed by atoms with van der Waals surface area (Å²) in [5, 5.41) is 7.24. The second kappa shape index (κ2) is 5.98. The highest BCUT2D eigenvalue weighted by Gasteiger charge is 2.35. The molecule has 2 unspecified atom stereocenters. The molecule has 0 saturated carbocycles. The van der Waals surface area contributed by atoms with E-state index in [1.807, 2.05) is 0 Å². The van der Waals surface area contributed by atoms with Gasteiger partial charge in [0.25, 0.3) is 0 Å². The van der Waals surface area contributed by atoms with Crippen LogP contribution < -0.4 is 5.32 Å². The minimum Gasteiger partial charge on any atom is -0.308 e. The summed E-state index contributed by atoms with van der Waals surface area (Å²) in [4.78, 5) is 7.43. The molecule has 0 aromatic carbocycles. The highest BCUT2D eigenvalue weighted by Crippen LogP contribution is 2.32. The summed E-state index contributed by atoms with van der Waals surface area (Å²) in [6.07, 6.45) is 6.82. The van der Waals surface area contributed by atoms with Crippen molar-refractivity contribution < 1.29 is 0 Å². The van der Waals surface area contributed by atoms with Crippen molar-refractivity contribution in [1.82, 2.24) is 15.2 Å². The first kappa shape index (κ1) is 15.4. The third kappa shape index (κ3) is 3.49. The van der Waals surface area contributed by atoms with Crippen LogP contribution in [0, 0.1) is 0 Å². The van der Waals surface area contributed by atoms with E-state index < -0.39 is 0 Å². The van der Waals surface area contributed by atoms with Crippen LogP contribution in [-0.2, 0) is 12.0 Å². The van der Waals surface area contributed by atoms with Crippen molar-refractivity contribution in [2.75, 3.05) is 7.05 Å². The number of rotatable bonds is 3. The highest BCUT2D eigenvalue weighted by molar-refractivity contribution is 7.09. The summed E-state index contributed by atoms with van der Waals surface area (Å²) in [5.74, 6) is 0. The molecule has 3 rings (SSSR count). The molecule has 2 bridgehead atoms. The summed E-state index contributed by atoms with van der Waals surface area (Å²) >= 11 is 1.80. The van der Waals surface area contributed by atoms with Gasteiger partial charge >= 0.3 is 0 Å². The molecular formula is C17H29N3S. The topological polar surface area (TPSA) is 28.2 Å². The molecular weight excluding hydrogens is 278 g/mol. The third-order valence-corrected chi connectivity index (χ3v) is 6.05. The van der Waals surface area contributed by atoms with Gasteiger partial charge in [0.05, 0.1) is 5.69 Å². The normalized spacial score (nSPS) is 30.6. The molecule has 0 amide bonds. The number of aromatic nitrogens is 1. The Labute approximate surface area is 133 Å². The third-order valence-electron chi connectivity index (χ3n) is 5.20. The van der Waals surface area contributed by atoms with Crippen molar-refractivity contribution in [3.8, 4) is 0 Å². The Balaban J connectivity index is 1.55. The maximum absolute atomic E-state index is 4.80. The molecule has 118 valence electrons. The fraction of sp³-hybridized carbons (Fsp3) is 0.824. The maximum Gasteiger partial charge on any atom is 0.107 e. The van der Waals surface area contributed by atoms with Crippen molar-refractivity contribution in [3.05, 3.63) is 16.1 Å². The quantitative estimate of drug-likeness (QED) is 0.925. The Morgan fingerprint density at radius 1 is 1.29 bits per heavy atom. The first-order valence-electron chi connectivity index (χ1n) is 8.33. The van der Waals surface area contributed by atoms with E-state index in [1.54, 1.807) is 11.3 Å². The molecule has 0 aliphatic carbocycles. The SMILES string of the molecule is CN1C2CCCC1CC(NCc1nc(C(C)(C)C)cs1)C2. The number of nitrogens with zero attached hydrogens (tertiary/aromatic N) is 2. The average molecular weight is 308 g/mol. The molecule has 2 saturated heterocycles. The van der Waals surface area contributed by atoms with Crippen molar-refractivity contribution in [3.63, 3.8) is 0 Å². The molecule has 1 N–H and O–H groups in total. The fourth-order valence-electron chi connectivity index (χ4n) is 3.75. The second-order valence-electron chi connectivity index (χ2n) is 7.83. The second-order valence-corrected chi connectivity index (χ2v) is 8.77. The van der Waals surface area contributed by atoms with Crippen molar-refractivity contribution in [2.24, 2.45) is 0 Å². The van der Waals surface area contributed by atoms with Crippen LogP contribution in [0.3, 0.4) is 0 Å². The molecule has 4 heteroatoms. The van der Waals surface area contributed by atoms with Gasteiger partial charge < -0.3 is 10.2 Å². The van der Waals surface area contributed by atoms with Gasteiger partial charge in [-0.1, -0.05) is 27.2 Å². The van der Waals surface area contributed by atoms with E-state index in [0.717, 1.165) is 18.6 Å². The lowest BCUT2D eigenvalue weighted by Crippen LogP contribution is -2.54. The van der Waals surface area contributed by atoms with Crippen molar-refractivity contribution in [2.45, 2.75) is 83.0 Å². The van der Waals surface area contributed by atoms with Gasteiger partial charge in [-0.05, 0) is 32.7 Å². The summed E-state index contributed by atoms with van der Waals surface area (Å²) in [5.41, 5.74) is 1.39. The van der Waals surface area contributed by atoms with Gasteiger partial charge in [-0.15, -0.1) is 11.3 Å². The summed E-state index contributed by atoms with van der Waals surface area (Å²) in [6.45, 7) is 7.64. The zero-order valence-corrected chi connectivity index (χ0v) is 14.7. The van der Waals surface area contributed by atoms with E-state index in [1.165, 1.54) is 42.8 Å². The highest BCUT2D eigenvalue weighted by atomic mass is 32.1. The zero-order valence-electron chi connectivity index (χ0n) is 13.9. The van der Waals surface area contributed by atoms with E-state index in [4.69, 9.17) is 4.98 Å². The number of piperidine rings is 2. The Morgan fingerprint density at radius 3 is 2.52 bits per heavy atom. The zero-order chi connectivity index (χ0) is 15.0. The predicted molar refractivity (Wildman–Crippen MR) is 89.9 cm³/mol. The Morgan fingerprint density at radius 2 is 1.95 bits per heavy atom. The lowest BCUT2D eigenvalue weighted by atomic mass is 9.82. The molecule has 0 spiro atoms. The molecule has 1 aromatic heterocycles. The van der Waals surface area contributed by atoms with Crippen LogP contribution in [0.4, 0.5) is 0 Å². The predicted octanol–water partition coefficient (Wildman–Crippen LogP) is 3.55. The van der Waals surface area contributed by atoms with Crippen LogP contribution in [0.25, 0.3) is 0 Å².